The van der Waals surface area contributed by atoms with E-state index in [4.69, 9.17) is 4.52 Å². The molecule has 0 aliphatic heterocycles. The maximum Gasteiger partial charge on any atom is 0.329 e. The SMILES string of the molecule is Cc1cnc(CCNC(=O)Nc2nc(Cc3ccc(F)cc3)no2)c(C)c1. The second kappa shape index (κ2) is 8.39. The van der Waals surface area contributed by atoms with Crippen LogP contribution in [0.15, 0.2) is 41.1 Å². The summed E-state index contributed by atoms with van der Waals surface area (Å²) in [4.78, 5) is 20.4. The van der Waals surface area contributed by atoms with Gasteiger partial charge in [0.05, 0.1) is 0 Å². The maximum absolute atomic E-state index is 12.9. The Bertz CT molecular complexity index is 924. The number of benzene rings is 1. The first-order valence-electron chi connectivity index (χ1n) is 8.53. The number of carbonyl (C=O) groups excluding carboxylic acids is 1. The predicted octanol–water partition coefficient (Wildman–Crippen LogP) is 3.18. The summed E-state index contributed by atoms with van der Waals surface area (Å²) in [6.45, 7) is 4.42. The number of nitrogens with zero attached hydrogens (tertiary/aromatic N) is 3. The maximum atomic E-state index is 12.9. The van der Waals surface area contributed by atoms with Crippen molar-refractivity contribution in [2.45, 2.75) is 26.7 Å². The Morgan fingerprint density at radius 2 is 2.00 bits per heavy atom. The third-order valence-electron chi connectivity index (χ3n) is 3.93. The molecule has 0 aliphatic rings. The number of anilines is 1. The van der Waals surface area contributed by atoms with Crippen molar-refractivity contribution in [2.75, 3.05) is 11.9 Å². The molecular weight excluding hydrogens is 349 g/mol. The molecule has 27 heavy (non-hydrogen) atoms. The summed E-state index contributed by atoms with van der Waals surface area (Å²) < 4.78 is 17.9. The molecule has 0 saturated heterocycles. The Balaban J connectivity index is 1.46. The van der Waals surface area contributed by atoms with Crippen molar-refractivity contribution in [3.8, 4) is 0 Å². The van der Waals surface area contributed by atoms with Crippen molar-refractivity contribution in [1.82, 2.24) is 20.4 Å². The van der Waals surface area contributed by atoms with Crippen LogP contribution in [0.5, 0.6) is 0 Å². The lowest BCUT2D eigenvalue weighted by atomic mass is 10.1. The van der Waals surface area contributed by atoms with Gasteiger partial charge in [-0.25, -0.2) is 9.18 Å². The number of nitrogens with one attached hydrogen (secondary N) is 2. The molecule has 2 N–H and O–H groups in total. The van der Waals surface area contributed by atoms with Gasteiger partial charge in [-0.05, 0) is 42.7 Å². The van der Waals surface area contributed by atoms with Crippen LogP contribution < -0.4 is 10.6 Å². The number of aromatic nitrogens is 3. The third-order valence-corrected chi connectivity index (χ3v) is 3.93. The van der Waals surface area contributed by atoms with E-state index in [0.29, 0.717) is 25.2 Å². The molecule has 140 valence electrons. The fourth-order valence-corrected chi connectivity index (χ4v) is 2.60. The lowest BCUT2D eigenvalue weighted by molar-refractivity contribution is 0.251. The minimum Gasteiger partial charge on any atom is -0.337 e. The first kappa shape index (κ1) is 18.5. The highest BCUT2D eigenvalue weighted by Gasteiger charge is 2.10. The molecule has 3 aromatic rings. The molecule has 3 rings (SSSR count). The molecule has 2 amide bonds. The summed E-state index contributed by atoms with van der Waals surface area (Å²) in [5, 5.41) is 9.03. The summed E-state index contributed by atoms with van der Waals surface area (Å²) >= 11 is 0. The van der Waals surface area contributed by atoms with Gasteiger partial charge < -0.3 is 9.84 Å². The van der Waals surface area contributed by atoms with Gasteiger partial charge in [0, 0.05) is 31.3 Å². The lowest BCUT2D eigenvalue weighted by Gasteiger charge is -2.07. The van der Waals surface area contributed by atoms with Crippen molar-refractivity contribution >= 4 is 12.0 Å². The molecule has 0 spiro atoms. The third kappa shape index (κ3) is 5.34. The number of hydrogen-bond acceptors (Lipinski definition) is 5. The van der Waals surface area contributed by atoms with E-state index in [1.165, 1.54) is 12.1 Å². The minimum atomic E-state index is -0.434. The summed E-state index contributed by atoms with van der Waals surface area (Å²) in [5.41, 5.74) is 3.99. The smallest absolute Gasteiger partial charge is 0.329 e. The highest BCUT2D eigenvalue weighted by Crippen LogP contribution is 2.10. The van der Waals surface area contributed by atoms with Crippen molar-refractivity contribution in [3.63, 3.8) is 0 Å². The van der Waals surface area contributed by atoms with Crippen LogP contribution in [-0.2, 0) is 12.8 Å². The second-order valence-corrected chi connectivity index (χ2v) is 6.23. The quantitative estimate of drug-likeness (QED) is 0.696. The zero-order chi connectivity index (χ0) is 19.2. The molecule has 0 atom stereocenters. The van der Waals surface area contributed by atoms with Crippen LogP contribution >= 0.6 is 0 Å². The number of halogens is 1. The van der Waals surface area contributed by atoms with Gasteiger partial charge >= 0.3 is 12.0 Å². The molecule has 0 radical (unpaired) electrons. The van der Waals surface area contributed by atoms with Gasteiger partial charge in [0.2, 0.25) is 0 Å². The van der Waals surface area contributed by atoms with E-state index in [1.807, 2.05) is 20.0 Å². The number of urea groups is 1. The van der Waals surface area contributed by atoms with E-state index in [9.17, 15) is 9.18 Å². The van der Waals surface area contributed by atoms with Crippen molar-refractivity contribution in [1.29, 1.82) is 0 Å². The average Bonchev–Trinajstić information content (AvgIpc) is 3.05. The normalized spacial score (nSPS) is 10.6. The highest BCUT2D eigenvalue weighted by molar-refractivity contribution is 5.86. The Hall–Kier alpha value is -3.29. The molecule has 2 aromatic heterocycles. The molecule has 1 aromatic carbocycles. The highest BCUT2D eigenvalue weighted by atomic mass is 19.1. The van der Waals surface area contributed by atoms with Crippen LogP contribution in [0.3, 0.4) is 0 Å². The van der Waals surface area contributed by atoms with Gasteiger partial charge in [0.1, 0.15) is 5.82 Å². The van der Waals surface area contributed by atoms with E-state index < -0.39 is 6.03 Å². The standard InChI is InChI=1S/C19H20FN5O2/c1-12-9-13(2)16(22-11-12)7-8-21-18(26)24-19-23-17(25-27-19)10-14-3-5-15(20)6-4-14/h3-6,9,11H,7-8,10H2,1-2H3,(H2,21,23,24,25,26). The summed E-state index contributed by atoms with van der Waals surface area (Å²) in [6, 6.07) is 7.66. The van der Waals surface area contributed by atoms with Crippen LogP contribution in [0, 0.1) is 19.7 Å². The Morgan fingerprint density at radius 1 is 1.22 bits per heavy atom. The first-order valence-corrected chi connectivity index (χ1v) is 8.53. The van der Waals surface area contributed by atoms with Crippen LogP contribution in [0.25, 0.3) is 0 Å². The largest absolute Gasteiger partial charge is 0.337 e. The number of aryl methyl sites for hydroxylation is 2. The van der Waals surface area contributed by atoms with Crippen LogP contribution in [0.1, 0.15) is 28.2 Å². The van der Waals surface area contributed by atoms with E-state index in [0.717, 1.165) is 22.4 Å². The van der Waals surface area contributed by atoms with Crippen LogP contribution in [0.2, 0.25) is 0 Å². The fourth-order valence-electron chi connectivity index (χ4n) is 2.60. The first-order chi connectivity index (χ1) is 13.0. The van der Waals surface area contributed by atoms with Crippen molar-refractivity contribution in [3.05, 3.63) is 70.6 Å². The molecule has 7 nitrogen and oxygen atoms in total. The molecular formula is C19H20FN5O2. The summed E-state index contributed by atoms with van der Waals surface area (Å²) in [5.74, 6) is 0.0957. The van der Waals surface area contributed by atoms with Gasteiger partial charge in [-0.1, -0.05) is 23.4 Å². The topological polar surface area (TPSA) is 92.9 Å². The minimum absolute atomic E-state index is 0.00857. The van der Waals surface area contributed by atoms with Crippen molar-refractivity contribution < 1.29 is 13.7 Å². The molecule has 2 heterocycles. The number of hydrogen-bond donors (Lipinski definition) is 2. The van der Waals surface area contributed by atoms with Crippen molar-refractivity contribution in [2.24, 2.45) is 0 Å². The Labute approximate surface area is 156 Å². The van der Waals surface area contributed by atoms with E-state index in [-0.39, 0.29) is 11.8 Å². The molecule has 0 unspecified atom stereocenters. The van der Waals surface area contributed by atoms with E-state index in [2.05, 4.69) is 31.8 Å². The second-order valence-electron chi connectivity index (χ2n) is 6.23. The zero-order valence-corrected chi connectivity index (χ0v) is 15.1. The Morgan fingerprint density at radius 3 is 2.74 bits per heavy atom. The number of carbonyl (C=O) groups is 1. The van der Waals surface area contributed by atoms with Gasteiger partial charge in [-0.3, -0.25) is 10.3 Å². The van der Waals surface area contributed by atoms with Gasteiger partial charge in [-0.2, -0.15) is 4.98 Å². The summed E-state index contributed by atoms with van der Waals surface area (Å²) in [7, 11) is 0. The zero-order valence-electron chi connectivity index (χ0n) is 15.1. The van der Waals surface area contributed by atoms with E-state index in [1.54, 1.807) is 12.1 Å². The predicted molar refractivity (Wildman–Crippen MR) is 97.9 cm³/mol. The molecule has 0 fully saturated rings. The van der Waals surface area contributed by atoms with Crippen LogP contribution in [-0.4, -0.2) is 27.7 Å². The fraction of sp³-hybridized carbons (Fsp3) is 0.263. The molecule has 0 bridgehead atoms. The number of amides is 2. The average molecular weight is 369 g/mol. The molecule has 0 saturated carbocycles. The van der Waals surface area contributed by atoms with Gasteiger partial charge in [0.15, 0.2) is 5.82 Å². The monoisotopic (exact) mass is 369 g/mol. The Kier molecular flexibility index (Phi) is 5.75. The van der Waals surface area contributed by atoms with Gasteiger partial charge in [0.25, 0.3) is 0 Å². The van der Waals surface area contributed by atoms with Crippen LogP contribution in [0.4, 0.5) is 15.2 Å². The van der Waals surface area contributed by atoms with Gasteiger partial charge in [-0.15, -0.1) is 0 Å². The number of pyridine rings is 1. The molecule has 8 heteroatoms. The van der Waals surface area contributed by atoms with E-state index >= 15 is 0 Å². The molecule has 0 aliphatic carbocycles. The summed E-state index contributed by atoms with van der Waals surface area (Å²) in [6.07, 6.45) is 2.81. The number of rotatable bonds is 6. The lowest BCUT2D eigenvalue weighted by Crippen LogP contribution is -2.30.